The third-order valence-corrected chi connectivity index (χ3v) is 4.84. The monoisotopic (exact) mass is 266 g/mol. The summed E-state index contributed by atoms with van der Waals surface area (Å²) in [5, 5.41) is 3.10. The summed E-state index contributed by atoms with van der Waals surface area (Å²) in [4.78, 5) is 12.3. The number of nitrogens with one attached hydrogen (secondary N) is 1. The van der Waals surface area contributed by atoms with Crippen LogP contribution in [0, 0.1) is 17.8 Å². The first kappa shape index (κ1) is 14.8. The van der Waals surface area contributed by atoms with Gasteiger partial charge in [0.15, 0.2) is 0 Å². The normalized spacial score (nSPS) is 23.3. The Kier molecular flexibility index (Phi) is 5.68. The number of amides is 1. The zero-order chi connectivity index (χ0) is 13.7. The Hall–Kier alpha value is -0.570. The maximum absolute atomic E-state index is 12.3. The second-order valence-electron chi connectivity index (χ2n) is 6.62. The molecule has 2 atom stereocenters. The Morgan fingerprint density at radius 1 is 1.26 bits per heavy atom. The van der Waals surface area contributed by atoms with E-state index in [9.17, 15) is 4.79 Å². The molecule has 19 heavy (non-hydrogen) atoms. The molecule has 3 N–H and O–H groups in total. The third kappa shape index (κ3) is 4.79. The lowest BCUT2D eigenvalue weighted by molar-refractivity contribution is -0.125. The lowest BCUT2D eigenvalue weighted by Gasteiger charge is -2.21. The molecule has 0 aromatic heterocycles. The van der Waals surface area contributed by atoms with Crippen LogP contribution in [0.4, 0.5) is 0 Å². The van der Waals surface area contributed by atoms with Crippen molar-refractivity contribution >= 4 is 5.91 Å². The zero-order valence-corrected chi connectivity index (χ0v) is 12.4. The topological polar surface area (TPSA) is 55.1 Å². The van der Waals surface area contributed by atoms with E-state index in [1.807, 2.05) is 0 Å². The highest BCUT2D eigenvalue weighted by atomic mass is 16.1. The molecule has 2 rings (SSSR count). The summed E-state index contributed by atoms with van der Waals surface area (Å²) >= 11 is 0. The Morgan fingerprint density at radius 3 is 2.53 bits per heavy atom. The van der Waals surface area contributed by atoms with Gasteiger partial charge in [-0.2, -0.15) is 0 Å². The standard InChI is InChI=1S/C16H30N2O/c1-2-5-14(10-12-6-3-4-7-12)16(19)18-11-15(17)13-8-9-13/h12-15H,2-11,17H2,1H3,(H,18,19). The predicted molar refractivity (Wildman–Crippen MR) is 78.7 cm³/mol. The van der Waals surface area contributed by atoms with Gasteiger partial charge in [0.2, 0.25) is 5.91 Å². The summed E-state index contributed by atoms with van der Waals surface area (Å²) in [5.74, 6) is 1.93. The molecule has 2 unspecified atom stereocenters. The highest BCUT2D eigenvalue weighted by Crippen LogP contribution is 2.32. The Balaban J connectivity index is 1.73. The van der Waals surface area contributed by atoms with E-state index in [0.717, 1.165) is 25.2 Å². The van der Waals surface area contributed by atoms with Crippen molar-refractivity contribution < 1.29 is 4.79 Å². The fourth-order valence-corrected chi connectivity index (χ4v) is 3.41. The quantitative estimate of drug-likeness (QED) is 0.710. The molecule has 0 bridgehead atoms. The molecule has 110 valence electrons. The van der Waals surface area contributed by atoms with Gasteiger partial charge < -0.3 is 11.1 Å². The van der Waals surface area contributed by atoms with Gasteiger partial charge in [0.1, 0.15) is 0 Å². The molecule has 0 radical (unpaired) electrons. The average Bonchev–Trinajstić information content (AvgIpc) is 3.14. The summed E-state index contributed by atoms with van der Waals surface area (Å²) in [5.41, 5.74) is 6.05. The smallest absolute Gasteiger partial charge is 0.223 e. The Labute approximate surface area is 117 Å². The van der Waals surface area contributed by atoms with Gasteiger partial charge in [-0.05, 0) is 37.5 Å². The lowest BCUT2D eigenvalue weighted by atomic mass is 9.89. The molecule has 0 spiro atoms. The van der Waals surface area contributed by atoms with E-state index in [2.05, 4.69) is 12.2 Å². The van der Waals surface area contributed by atoms with Crippen LogP contribution in [0.5, 0.6) is 0 Å². The molecule has 2 aliphatic carbocycles. The zero-order valence-electron chi connectivity index (χ0n) is 12.4. The average molecular weight is 266 g/mol. The van der Waals surface area contributed by atoms with E-state index >= 15 is 0 Å². The third-order valence-electron chi connectivity index (χ3n) is 4.84. The minimum absolute atomic E-state index is 0.178. The first-order valence-corrected chi connectivity index (χ1v) is 8.24. The first-order valence-electron chi connectivity index (χ1n) is 8.24. The van der Waals surface area contributed by atoms with Crippen molar-refractivity contribution in [3.63, 3.8) is 0 Å². The molecule has 3 nitrogen and oxygen atoms in total. The van der Waals surface area contributed by atoms with Gasteiger partial charge in [-0.1, -0.05) is 39.0 Å². The summed E-state index contributed by atoms with van der Waals surface area (Å²) in [7, 11) is 0. The second kappa shape index (κ2) is 7.28. The van der Waals surface area contributed by atoms with Crippen LogP contribution in [0.25, 0.3) is 0 Å². The van der Waals surface area contributed by atoms with Gasteiger partial charge in [-0.3, -0.25) is 4.79 Å². The van der Waals surface area contributed by atoms with Gasteiger partial charge in [0.05, 0.1) is 0 Å². The van der Waals surface area contributed by atoms with Crippen LogP contribution < -0.4 is 11.1 Å². The molecule has 0 saturated heterocycles. The minimum Gasteiger partial charge on any atom is -0.354 e. The van der Waals surface area contributed by atoms with Crippen LogP contribution >= 0.6 is 0 Å². The van der Waals surface area contributed by atoms with Crippen molar-refractivity contribution in [1.29, 1.82) is 0 Å². The van der Waals surface area contributed by atoms with Crippen LogP contribution in [-0.2, 0) is 4.79 Å². The van der Waals surface area contributed by atoms with Crippen LogP contribution in [0.15, 0.2) is 0 Å². The SMILES string of the molecule is CCCC(CC1CCCC1)C(=O)NCC(N)C1CC1. The molecule has 0 aromatic carbocycles. The van der Waals surface area contributed by atoms with Crippen molar-refractivity contribution in [2.24, 2.45) is 23.5 Å². The van der Waals surface area contributed by atoms with Crippen molar-refractivity contribution in [1.82, 2.24) is 5.32 Å². The van der Waals surface area contributed by atoms with E-state index in [1.165, 1.54) is 38.5 Å². The van der Waals surface area contributed by atoms with E-state index in [0.29, 0.717) is 12.5 Å². The molecule has 2 fully saturated rings. The van der Waals surface area contributed by atoms with Crippen molar-refractivity contribution in [2.45, 2.75) is 70.8 Å². The number of nitrogens with two attached hydrogens (primary N) is 1. The molecule has 3 heteroatoms. The van der Waals surface area contributed by atoms with E-state index in [4.69, 9.17) is 5.73 Å². The Morgan fingerprint density at radius 2 is 1.95 bits per heavy atom. The second-order valence-corrected chi connectivity index (χ2v) is 6.62. The molecule has 0 aromatic rings. The number of hydrogen-bond acceptors (Lipinski definition) is 2. The Bertz CT molecular complexity index is 282. The first-order chi connectivity index (χ1) is 9.20. The summed E-state index contributed by atoms with van der Waals surface area (Å²) < 4.78 is 0. The number of rotatable bonds is 8. The fraction of sp³-hybridized carbons (Fsp3) is 0.938. The highest BCUT2D eigenvalue weighted by molar-refractivity contribution is 5.78. The minimum atomic E-state index is 0.178. The summed E-state index contributed by atoms with van der Waals surface area (Å²) in [6.45, 7) is 2.85. The van der Waals surface area contributed by atoms with E-state index in [-0.39, 0.29) is 17.9 Å². The number of hydrogen-bond donors (Lipinski definition) is 2. The predicted octanol–water partition coefficient (Wildman–Crippen LogP) is 2.84. The van der Waals surface area contributed by atoms with Crippen LogP contribution in [0.3, 0.4) is 0 Å². The van der Waals surface area contributed by atoms with Crippen molar-refractivity contribution in [2.75, 3.05) is 6.54 Å². The molecule has 0 aliphatic heterocycles. The maximum atomic E-state index is 12.3. The molecule has 2 saturated carbocycles. The van der Waals surface area contributed by atoms with E-state index in [1.54, 1.807) is 0 Å². The largest absolute Gasteiger partial charge is 0.354 e. The molecule has 0 heterocycles. The summed E-state index contributed by atoms with van der Waals surface area (Å²) in [6.07, 6.45) is 11.1. The van der Waals surface area contributed by atoms with Crippen molar-refractivity contribution in [3.05, 3.63) is 0 Å². The van der Waals surface area contributed by atoms with Crippen LogP contribution in [0.1, 0.15) is 64.7 Å². The molecule has 2 aliphatic rings. The summed E-state index contributed by atoms with van der Waals surface area (Å²) in [6, 6.07) is 0.178. The van der Waals surface area contributed by atoms with Gasteiger partial charge in [0, 0.05) is 18.5 Å². The van der Waals surface area contributed by atoms with Gasteiger partial charge in [-0.25, -0.2) is 0 Å². The number of carbonyl (C=O) groups excluding carboxylic acids is 1. The molecule has 1 amide bonds. The van der Waals surface area contributed by atoms with Gasteiger partial charge in [-0.15, -0.1) is 0 Å². The highest BCUT2D eigenvalue weighted by Gasteiger charge is 2.29. The molecular weight excluding hydrogens is 236 g/mol. The van der Waals surface area contributed by atoms with Crippen molar-refractivity contribution in [3.8, 4) is 0 Å². The number of carbonyl (C=O) groups is 1. The van der Waals surface area contributed by atoms with Gasteiger partial charge in [0.25, 0.3) is 0 Å². The van der Waals surface area contributed by atoms with Crippen LogP contribution in [0.2, 0.25) is 0 Å². The molecular formula is C16H30N2O. The lowest BCUT2D eigenvalue weighted by Crippen LogP contribution is -2.41. The van der Waals surface area contributed by atoms with Crippen LogP contribution in [-0.4, -0.2) is 18.5 Å². The fourth-order valence-electron chi connectivity index (χ4n) is 3.41. The maximum Gasteiger partial charge on any atom is 0.223 e. The van der Waals surface area contributed by atoms with E-state index < -0.39 is 0 Å². The van der Waals surface area contributed by atoms with Gasteiger partial charge >= 0.3 is 0 Å².